The number of aryl methyl sites for hydroxylation is 1. The molecule has 1 aromatic heterocycles. The molecule has 0 unspecified atom stereocenters. The van der Waals surface area contributed by atoms with Crippen LogP contribution in [-0.4, -0.2) is 13.1 Å². The van der Waals surface area contributed by atoms with Crippen molar-refractivity contribution in [2.24, 2.45) is 0 Å². The number of carbonyl (C=O) groups excluding carboxylic acids is 1. The number of esters is 1. The van der Waals surface area contributed by atoms with Crippen LogP contribution in [0.3, 0.4) is 0 Å². The minimum atomic E-state index is -0.331. The lowest BCUT2D eigenvalue weighted by Crippen LogP contribution is -2.04. The summed E-state index contributed by atoms with van der Waals surface area (Å²) in [6, 6.07) is 7.39. The maximum absolute atomic E-state index is 11.5. The lowest BCUT2D eigenvalue weighted by Gasteiger charge is -2.10. The van der Waals surface area contributed by atoms with Crippen LogP contribution in [0.5, 0.6) is 0 Å². The first-order valence-corrected chi connectivity index (χ1v) is 7.01. The monoisotopic (exact) mass is 295 g/mol. The zero-order chi connectivity index (χ0) is 13.8. The first-order valence-electron chi connectivity index (χ1n) is 5.76. The number of thiophene rings is 1. The molecular formula is C14H14ClNO2S. The van der Waals surface area contributed by atoms with Crippen LogP contribution >= 0.6 is 22.9 Å². The first-order chi connectivity index (χ1) is 9.10. The Morgan fingerprint density at radius 3 is 2.84 bits per heavy atom. The van der Waals surface area contributed by atoms with E-state index in [1.807, 2.05) is 24.4 Å². The number of anilines is 1. The van der Waals surface area contributed by atoms with E-state index in [1.165, 1.54) is 7.11 Å². The molecule has 0 saturated carbocycles. The number of hydrogen-bond acceptors (Lipinski definition) is 4. The summed E-state index contributed by atoms with van der Waals surface area (Å²) >= 11 is 7.48. The lowest BCUT2D eigenvalue weighted by atomic mass is 10.1. The number of methoxy groups -OCH3 is 1. The Labute approximate surface area is 121 Å². The van der Waals surface area contributed by atoms with Gasteiger partial charge in [-0.3, -0.25) is 0 Å². The van der Waals surface area contributed by atoms with E-state index in [9.17, 15) is 4.79 Å². The normalized spacial score (nSPS) is 10.3. The van der Waals surface area contributed by atoms with E-state index < -0.39 is 0 Å². The van der Waals surface area contributed by atoms with Gasteiger partial charge in [0.1, 0.15) is 0 Å². The maximum atomic E-state index is 11.5. The van der Waals surface area contributed by atoms with Crippen molar-refractivity contribution < 1.29 is 9.53 Å². The van der Waals surface area contributed by atoms with E-state index in [4.69, 9.17) is 16.3 Å². The third kappa shape index (κ3) is 3.49. The predicted molar refractivity (Wildman–Crippen MR) is 79.2 cm³/mol. The Hall–Kier alpha value is -1.52. The molecule has 0 atom stereocenters. The van der Waals surface area contributed by atoms with Crippen molar-refractivity contribution in [3.05, 3.63) is 50.7 Å². The van der Waals surface area contributed by atoms with Crippen LogP contribution in [0.25, 0.3) is 0 Å². The second-order valence-corrected chi connectivity index (χ2v) is 5.54. The van der Waals surface area contributed by atoms with Crippen molar-refractivity contribution in [1.82, 2.24) is 0 Å². The Morgan fingerprint density at radius 2 is 2.21 bits per heavy atom. The molecule has 1 aromatic carbocycles. The molecule has 2 aromatic rings. The van der Waals surface area contributed by atoms with Crippen molar-refractivity contribution in [2.75, 3.05) is 12.4 Å². The third-order valence-corrected chi connectivity index (χ3v) is 4.02. The fourth-order valence-electron chi connectivity index (χ4n) is 1.69. The first kappa shape index (κ1) is 13.9. The predicted octanol–water partition coefficient (Wildman–Crippen LogP) is 4.11. The number of halogens is 1. The summed E-state index contributed by atoms with van der Waals surface area (Å²) in [6.07, 6.45) is 0. The number of nitrogens with one attached hydrogen (secondary N) is 1. The summed E-state index contributed by atoms with van der Waals surface area (Å²) in [5, 5.41) is 5.96. The molecule has 0 bridgehead atoms. The number of rotatable bonds is 4. The van der Waals surface area contributed by atoms with Crippen LogP contribution in [0.2, 0.25) is 5.02 Å². The summed E-state index contributed by atoms with van der Waals surface area (Å²) in [6.45, 7) is 2.67. The molecule has 0 radical (unpaired) electrons. The molecule has 0 spiro atoms. The van der Waals surface area contributed by atoms with Gasteiger partial charge in [0, 0.05) is 22.5 Å². The number of hydrogen-bond donors (Lipinski definition) is 1. The highest BCUT2D eigenvalue weighted by Crippen LogP contribution is 2.22. The summed E-state index contributed by atoms with van der Waals surface area (Å²) in [7, 11) is 1.38. The van der Waals surface area contributed by atoms with Crippen LogP contribution in [0.15, 0.2) is 29.6 Å². The Kier molecular flexibility index (Phi) is 4.45. The molecule has 0 aliphatic carbocycles. The van der Waals surface area contributed by atoms with Gasteiger partial charge in [-0.05, 0) is 30.7 Å². The summed E-state index contributed by atoms with van der Waals surface area (Å²) < 4.78 is 4.72. The molecule has 1 N–H and O–H groups in total. The van der Waals surface area contributed by atoms with Crippen LogP contribution in [0, 0.1) is 6.92 Å². The van der Waals surface area contributed by atoms with Gasteiger partial charge in [0.05, 0.1) is 17.7 Å². The quantitative estimate of drug-likeness (QED) is 0.863. The number of ether oxygens (including phenoxy) is 1. The Morgan fingerprint density at radius 1 is 1.42 bits per heavy atom. The summed E-state index contributed by atoms with van der Waals surface area (Å²) in [4.78, 5) is 12.6. The van der Waals surface area contributed by atoms with E-state index in [-0.39, 0.29) is 5.97 Å². The second-order valence-electron chi connectivity index (χ2n) is 4.11. The van der Waals surface area contributed by atoms with Crippen molar-refractivity contribution in [3.63, 3.8) is 0 Å². The molecular weight excluding hydrogens is 282 g/mol. The molecule has 1 heterocycles. The molecule has 2 rings (SSSR count). The highest BCUT2D eigenvalue weighted by molar-refractivity contribution is 7.10. The zero-order valence-electron chi connectivity index (χ0n) is 10.7. The molecule has 0 amide bonds. The average molecular weight is 296 g/mol. The van der Waals surface area contributed by atoms with E-state index in [0.29, 0.717) is 12.1 Å². The highest BCUT2D eigenvalue weighted by Gasteiger charge is 2.08. The van der Waals surface area contributed by atoms with Crippen LogP contribution in [0.1, 0.15) is 20.8 Å². The van der Waals surface area contributed by atoms with Gasteiger partial charge in [-0.25, -0.2) is 4.79 Å². The van der Waals surface area contributed by atoms with Crippen LogP contribution < -0.4 is 5.32 Å². The van der Waals surface area contributed by atoms with E-state index in [2.05, 4.69) is 5.32 Å². The smallest absolute Gasteiger partial charge is 0.337 e. The van der Waals surface area contributed by atoms with Gasteiger partial charge in [0.2, 0.25) is 0 Å². The highest BCUT2D eigenvalue weighted by atomic mass is 35.5. The van der Waals surface area contributed by atoms with Gasteiger partial charge < -0.3 is 10.1 Å². The zero-order valence-corrected chi connectivity index (χ0v) is 12.3. The molecule has 0 aliphatic rings. The second kappa shape index (κ2) is 6.08. The SMILES string of the molecule is COC(=O)c1ccc(C)c(NCc2cc(Cl)cs2)c1. The van der Waals surface area contributed by atoms with Crippen LogP contribution in [-0.2, 0) is 11.3 Å². The molecule has 5 heteroatoms. The standard InChI is InChI=1S/C14H14ClNO2S/c1-9-3-4-10(14(17)18-2)5-13(9)16-7-12-6-11(15)8-19-12/h3-6,8,16H,7H2,1-2H3. The van der Waals surface area contributed by atoms with Crippen molar-refractivity contribution in [2.45, 2.75) is 13.5 Å². The Bertz CT molecular complexity index is 595. The molecule has 3 nitrogen and oxygen atoms in total. The van der Waals surface area contributed by atoms with E-state index >= 15 is 0 Å². The fraction of sp³-hybridized carbons (Fsp3) is 0.214. The molecule has 19 heavy (non-hydrogen) atoms. The number of carbonyl (C=O) groups is 1. The largest absolute Gasteiger partial charge is 0.465 e. The van der Waals surface area contributed by atoms with Crippen LogP contribution in [0.4, 0.5) is 5.69 Å². The average Bonchev–Trinajstić information content (AvgIpc) is 2.82. The van der Waals surface area contributed by atoms with Gasteiger partial charge in [-0.15, -0.1) is 11.3 Å². The molecule has 0 aliphatic heterocycles. The lowest BCUT2D eigenvalue weighted by molar-refractivity contribution is 0.0601. The van der Waals surface area contributed by atoms with Crippen molar-refractivity contribution in [3.8, 4) is 0 Å². The van der Waals surface area contributed by atoms with Crippen molar-refractivity contribution in [1.29, 1.82) is 0 Å². The topological polar surface area (TPSA) is 38.3 Å². The third-order valence-electron chi connectivity index (χ3n) is 2.73. The summed E-state index contributed by atoms with van der Waals surface area (Å²) in [5.41, 5.74) is 2.54. The minimum Gasteiger partial charge on any atom is -0.465 e. The van der Waals surface area contributed by atoms with Gasteiger partial charge in [0.15, 0.2) is 0 Å². The minimum absolute atomic E-state index is 0.331. The van der Waals surface area contributed by atoms with Gasteiger partial charge in [-0.1, -0.05) is 17.7 Å². The Balaban J connectivity index is 2.12. The maximum Gasteiger partial charge on any atom is 0.337 e. The van der Waals surface area contributed by atoms with Gasteiger partial charge in [0.25, 0.3) is 0 Å². The molecule has 0 fully saturated rings. The number of benzene rings is 1. The molecule has 100 valence electrons. The van der Waals surface area contributed by atoms with E-state index in [1.54, 1.807) is 23.5 Å². The van der Waals surface area contributed by atoms with Gasteiger partial charge in [-0.2, -0.15) is 0 Å². The molecule has 0 saturated heterocycles. The van der Waals surface area contributed by atoms with E-state index in [0.717, 1.165) is 21.2 Å². The fourth-order valence-corrected chi connectivity index (χ4v) is 2.70. The van der Waals surface area contributed by atoms with Gasteiger partial charge >= 0.3 is 5.97 Å². The summed E-state index contributed by atoms with van der Waals surface area (Å²) in [5.74, 6) is -0.331. The van der Waals surface area contributed by atoms with Crippen molar-refractivity contribution >= 4 is 34.6 Å².